The molecule has 0 aromatic heterocycles. The third kappa shape index (κ3) is 1.38. The Morgan fingerprint density at radius 3 is 1.83 bits per heavy atom. The Bertz CT molecular complexity index is 142. The molecule has 2 saturated carbocycles. The Morgan fingerprint density at radius 2 is 1.42 bits per heavy atom. The maximum Gasteiger partial charge on any atom is 0.0631 e. The molecule has 0 saturated heterocycles. The number of fused-ring (bicyclic) bond motifs is 1. The van der Waals surface area contributed by atoms with Crippen molar-refractivity contribution >= 4 is 0 Å². The Kier molecular flexibility index (Phi) is 2.37. The molecule has 0 bridgehead atoms. The van der Waals surface area contributed by atoms with Gasteiger partial charge in [0.05, 0.1) is 12.2 Å². The first-order chi connectivity index (χ1) is 5.86. The lowest BCUT2D eigenvalue weighted by atomic mass is 10.2. The number of rotatable bonds is 4. The number of ether oxygens (including phenoxy) is 2. The van der Waals surface area contributed by atoms with E-state index in [1.165, 1.54) is 6.42 Å². The molecule has 0 aromatic carbocycles. The number of hydrogen-bond donors (Lipinski definition) is 0. The number of hydrogen-bond acceptors (Lipinski definition) is 2. The monoisotopic (exact) mass is 170 g/mol. The maximum absolute atomic E-state index is 5.65. The average molecular weight is 170 g/mol. The van der Waals surface area contributed by atoms with E-state index < -0.39 is 0 Å². The Morgan fingerprint density at radius 1 is 0.917 bits per heavy atom. The van der Waals surface area contributed by atoms with E-state index in [9.17, 15) is 0 Å². The zero-order valence-electron chi connectivity index (χ0n) is 7.95. The minimum atomic E-state index is 0.511. The van der Waals surface area contributed by atoms with Gasteiger partial charge in [-0.25, -0.2) is 0 Å². The van der Waals surface area contributed by atoms with Crippen LogP contribution < -0.4 is 0 Å². The second kappa shape index (κ2) is 3.35. The van der Waals surface area contributed by atoms with Crippen LogP contribution >= 0.6 is 0 Å². The van der Waals surface area contributed by atoms with E-state index in [4.69, 9.17) is 9.47 Å². The highest BCUT2D eigenvalue weighted by Gasteiger charge is 2.55. The summed E-state index contributed by atoms with van der Waals surface area (Å²) in [5, 5.41) is 0. The highest BCUT2D eigenvalue weighted by Crippen LogP contribution is 2.54. The molecule has 2 fully saturated rings. The van der Waals surface area contributed by atoms with Gasteiger partial charge in [-0.3, -0.25) is 0 Å². The molecule has 0 radical (unpaired) electrons. The van der Waals surface area contributed by atoms with E-state index in [0.717, 1.165) is 31.5 Å². The molecule has 2 heteroatoms. The van der Waals surface area contributed by atoms with Crippen molar-refractivity contribution in [2.24, 2.45) is 11.8 Å². The molecule has 0 heterocycles. The van der Waals surface area contributed by atoms with Crippen LogP contribution in [0.2, 0.25) is 0 Å². The predicted octanol–water partition coefficient (Wildman–Crippen LogP) is 1.84. The lowest BCUT2D eigenvalue weighted by molar-refractivity contribution is 0.00970. The van der Waals surface area contributed by atoms with Gasteiger partial charge in [-0.05, 0) is 32.1 Å². The highest BCUT2D eigenvalue weighted by molar-refractivity contribution is 5.04. The first kappa shape index (κ1) is 8.52. The fourth-order valence-electron chi connectivity index (χ4n) is 2.48. The molecule has 2 nitrogen and oxygen atoms in total. The lowest BCUT2D eigenvalue weighted by Gasteiger charge is -2.15. The van der Waals surface area contributed by atoms with Crippen molar-refractivity contribution in [2.75, 3.05) is 13.2 Å². The van der Waals surface area contributed by atoms with Crippen LogP contribution in [0, 0.1) is 11.8 Å². The van der Waals surface area contributed by atoms with E-state index in [1.54, 1.807) is 0 Å². The van der Waals surface area contributed by atoms with Gasteiger partial charge < -0.3 is 9.47 Å². The SMILES string of the molecule is CCO[C@@H]1C[C@@H](OCC)[C@H]2C[C@H]21. The van der Waals surface area contributed by atoms with E-state index in [2.05, 4.69) is 13.8 Å². The lowest BCUT2D eigenvalue weighted by Crippen LogP contribution is -2.18. The zero-order chi connectivity index (χ0) is 8.55. The molecular weight excluding hydrogens is 152 g/mol. The summed E-state index contributed by atoms with van der Waals surface area (Å²) in [5.74, 6) is 1.67. The fraction of sp³-hybridized carbons (Fsp3) is 1.00. The highest BCUT2D eigenvalue weighted by atomic mass is 16.5. The van der Waals surface area contributed by atoms with Crippen molar-refractivity contribution < 1.29 is 9.47 Å². The molecule has 2 aliphatic carbocycles. The third-order valence-electron chi connectivity index (χ3n) is 3.07. The van der Waals surface area contributed by atoms with Crippen molar-refractivity contribution in [3.63, 3.8) is 0 Å². The topological polar surface area (TPSA) is 18.5 Å². The quantitative estimate of drug-likeness (QED) is 0.641. The Hall–Kier alpha value is -0.0800. The van der Waals surface area contributed by atoms with Crippen LogP contribution in [0.3, 0.4) is 0 Å². The molecule has 2 rings (SSSR count). The van der Waals surface area contributed by atoms with Crippen molar-refractivity contribution in [1.82, 2.24) is 0 Å². The molecule has 0 aliphatic heterocycles. The van der Waals surface area contributed by atoms with Crippen molar-refractivity contribution in [3.05, 3.63) is 0 Å². The molecule has 0 unspecified atom stereocenters. The summed E-state index contributed by atoms with van der Waals surface area (Å²) in [4.78, 5) is 0. The van der Waals surface area contributed by atoms with Crippen molar-refractivity contribution in [2.45, 2.75) is 38.9 Å². The largest absolute Gasteiger partial charge is 0.378 e. The summed E-state index contributed by atoms with van der Waals surface area (Å²) in [7, 11) is 0. The van der Waals surface area contributed by atoms with Crippen molar-refractivity contribution in [1.29, 1.82) is 0 Å². The maximum atomic E-state index is 5.65. The van der Waals surface area contributed by atoms with E-state index >= 15 is 0 Å². The van der Waals surface area contributed by atoms with Gasteiger partial charge in [0.1, 0.15) is 0 Å². The normalized spacial score (nSPS) is 44.5. The molecule has 0 aromatic rings. The zero-order valence-corrected chi connectivity index (χ0v) is 7.95. The van der Waals surface area contributed by atoms with Crippen LogP contribution in [0.4, 0.5) is 0 Å². The molecule has 12 heavy (non-hydrogen) atoms. The predicted molar refractivity (Wildman–Crippen MR) is 47.0 cm³/mol. The smallest absolute Gasteiger partial charge is 0.0631 e. The Balaban J connectivity index is 1.82. The third-order valence-corrected chi connectivity index (χ3v) is 3.07. The molecule has 70 valence electrons. The molecule has 0 spiro atoms. The fourth-order valence-corrected chi connectivity index (χ4v) is 2.48. The van der Waals surface area contributed by atoms with Crippen LogP contribution in [0.5, 0.6) is 0 Å². The summed E-state index contributed by atoms with van der Waals surface area (Å²) in [6, 6.07) is 0. The van der Waals surface area contributed by atoms with Gasteiger partial charge in [0.2, 0.25) is 0 Å². The van der Waals surface area contributed by atoms with Crippen LogP contribution in [0.1, 0.15) is 26.7 Å². The van der Waals surface area contributed by atoms with E-state index in [1.807, 2.05) is 0 Å². The van der Waals surface area contributed by atoms with E-state index in [-0.39, 0.29) is 0 Å². The van der Waals surface area contributed by atoms with Gasteiger partial charge in [-0.2, -0.15) is 0 Å². The van der Waals surface area contributed by atoms with Gasteiger partial charge in [0, 0.05) is 19.6 Å². The standard InChI is InChI=1S/C10H18O2/c1-3-11-9-6-10(12-4-2)8-5-7(8)9/h7-10H,3-6H2,1-2H3/t7-,8+,9-,10-/m1/s1. The average Bonchev–Trinajstić information content (AvgIpc) is 2.76. The van der Waals surface area contributed by atoms with Crippen LogP contribution in [0.25, 0.3) is 0 Å². The minimum absolute atomic E-state index is 0.511. The second-order valence-electron chi connectivity index (χ2n) is 3.79. The molecule has 0 amide bonds. The van der Waals surface area contributed by atoms with Gasteiger partial charge >= 0.3 is 0 Å². The summed E-state index contributed by atoms with van der Waals surface area (Å²) in [6.07, 6.45) is 3.50. The van der Waals surface area contributed by atoms with Gasteiger partial charge in [-0.1, -0.05) is 0 Å². The summed E-state index contributed by atoms with van der Waals surface area (Å²) in [5.41, 5.74) is 0. The van der Waals surface area contributed by atoms with Gasteiger partial charge in [0.25, 0.3) is 0 Å². The summed E-state index contributed by atoms with van der Waals surface area (Å²) in [6.45, 7) is 5.86. The molecule has 0 N–H and O–H groups in total. The van der Waals surface area contributed by atoms with E-state index in [0.29, 0.717) is 12.2 Å². The molecule has 2 aliphatic rings. The van der Waals surface area contributed by atoms with Gasteiger partial charge in [-0.15, -0.1) is 0 Å². The second-order valence-corrected chi connectivity index (χ2v) is 3.79. The minimum Gasteiger partial charge on any atom is -0.378 e. The van der Waals surface area contributed by atoms with Gasteiger partial charge in [0.15, 0.2) is 0 Å². The van der Waals surface area contributed by atoms with Crippen molar-refractivity contribution in [3.8, 4) is 0 Å². The van der Waals surface area contributed by atoms with Crippen LogP contribution in [-0.2, 0) is 9.47 Å². The molecular formula is C10H18O2. The van der Waals surface area contributed by atoms with Crippen LogP contribution in [-0.4, -0.2) is 25.4 Å². The summed E-state index contributed by atoms with van der Waals surface area (Å²) >= 11 is 0. The Labute approximate surface area is 74.2 Å². The van der Waals surface area contributed by atoms with Crippen LogP contribution in [0.15, 0.2) is 0 Å². The first-order valence-corrected chi connectivity index (χ1v) is 5.10. The first-order valence-electron chi connectivity index (χ1n) is 5.10. The molecule has 4 atom stereocenters. The summed E-state index contributed by atoms with van der Waals surface area (Å²) < 4.78 is 11.3.